The van der Waals surface area contributed by atoms with Crippen LogP contribution in [0.2, 0.25) is 0 Å². The second kappa shape index (κ2) is 9.28. The molecule has 23 heavy (non-hydrogen) atoms. The van der Waals surface area contributed by atoms with Crippen molar-refractivity contribution in [2.45, 2.75) is 65.2 Å². The van der Waals surface area contributed by atoms with Crippen molar-refractivity contribution >= 4 is 5.97 Å². The van der Waals surface area contributed by atoms with Crippen LogP contribution in [-0.4, -0.2) is 28.4 Å². The quantitative estimate of drug-likeness (QED) is 0.442. The normalized spacial score (nSPS) is 10.7. The molecule has 0 atom stereocenters. The van der Waals surface area contributed by atoms with E-state index in [1.807, 2.05) is 0 Å². The molecule has 1 rings (SSSR count). The zero-order valence-electron chi connectivity index (χ0n) is 14.3. The number of carboxylic acids is 1. The topological polar surface area (TPSA) is 87.0 Å². The van der Waals surface area contributed by atoms with Crippen LogP contribution in [0.1, 0.15) is 73.9 Å². The SMILES string of the molecule is CCCCCc1c(O)c(O)c(C(=O)O)c(OC)c1CCCCC. The first kappa shape index (κ1) is 19.1. The molecule has 0 aliphatic carbocycles. The van der Waals surface area contributed by atoms with E-state index >= 15 is 0 Å². The molecule has 0 saturated heterocycles. The second-order valence-corrected chi connectivity index (χ2v) is 5.78. The number of ether oxygens (including phenoxy) is 1. The first-order valence-corrected chi connectivity index (χ1v) is 8.36. The largest absolute Gasteiger partial charge is 0.504 e. The predicted molar refractivity (Wildman–Crippen MR) is 89.7 cm³/mol. The maximum absolute atomic E-state index is 11.5. The molecule has 0 unspecified atom stereocenters. The summed E-state index contributed by atoms with van der Waals surface area (Å²) in [5.74, 6) is -2.03. The summed E-state index contributed by atoms with van der Waals surface area (Å²) in [6.45, 7) is 4.18. The number of carbonyl (C=O) groups is 1. The number of phenols is 2. The highest BCUT2D eigenvalue weighted by molar-refractivity contribution is 5.96. The Morgan fingerprint density at radius 2 is 1.43 bits per heavy atom. The molecule has 0 heterocycles. The molecule has 0 fully saturated rings. The summed E-state index contributed by atoms with van der Waals surface area (Å²) in [7, 11) is 1.40. The molecule has 3 N–H and O–H groups in total. The van der Waals surface area contributed by atoms with Gasteiger partial charge in [-0.1, -0.05) is 39.5 Å². The maximum Gasteiger partial charge on any atom is 0.343 e. The van der Waals surface area contributed by atoms with Crippen molar-refractivity contribution in [3.8, 4) is 17.2 Å². The fraction of sp³-hybridized carbons (Fsp3) is 0.611. The Labute approximate surface area is 137 Å². The minimum absolute atomic E-state index is 0.176. The van der Waals surface area contributed by atoms with Crippen molar-refractivity contribution in [2.24, 2.45) is 0 Å². The number of methoxy groups -OCH3 is 1. The predicted octanol–water partition coefficient (Wildman–Crippen LogP) is 4.27. The van der Waals surface area contributed by atoms with Gasteiger partial charge in [-0.05, 0) is 25.7 Å². The summed E-state index contributed by atoms with van der Waals surface area (Å²) >= 11 is 0. The maximum atomic E-state index is 11.5. The minimum Gasteiger partial charge on any atom is -0.504 e. The summed E-state index contributed by atoms with van der Waals surface area (Å²) in [6.07, 6.45) is 7.11. The van der Waals surface area contributed by atoms with Crippen LogP contribution in [0.3, 0.4) is 0 Å². The van der Waals surface area contributed by atoms with Crippen LogP contribution in [0.4, 0.5) is 0 Å². The molecule has 0 bridgehead atoms. The van der Waals surface area contributed by atoms with Gasteiger partial charge in [0.1, 0.15) is 11.3 Å². The van der Waals surface area contributed by atoms with Crippen LogP contribution < -0.4 is 4.74 Å². The Kier molecular flexibility index (Phi) is 7.72. The smallest absolute Gasteiger partial charge is 0.343 e. The van der Waals surface area contributed by atoms with E-state index in [9.17, 15) is 20.1 Å². The molecule has 1 aromatic carbocycles. The summed E-state index contributed by atoms with van der Waals surface area (Å²) in [4.78, 5) is 11.5. The number of hydrogen-bond donors (Lipinski definition) is 3. The molecule has 5 heteroatoms. The van der Waals surface area contributed by atoms with Gasteiger partial charge in [0, 0.05) is 11.1 Å². The van der Waals surface area contributed by atoms with Gasteiger partial charge in [-0.15, -0.1) is 0 Å². The van der Waals surface area contributed by atoms with Gasteiger partial charge in [0.05, 0.1) is 7.11 Å². The fourth-order valence-corrected chi connectivity index (χ4v) is 2.86. The Morgan fingerprint density at radius 3 is 1.87 bits per heavy atom. The average Bonchev–Trinajstić information content (AvgIpc) is 2.52. The average molecular weight is 324 g/mol. The van der Waals surface area contributed by atoms with Crippen LogP contribution >= 0.6 is 0 Å². The Bertz CT molecular complexity index is 537. The lowest BCUT2D eigenvalue weighted by atomic mass is 9.92. The van der Waals surface area contributed by atoms with Crippen LogP contribution in [-0.2, 0) is 12.8 Å². The van der Waals surface area contributed by atoms with Crippen molar-refractivity contribution < 1.29 is 24.9 Å². The van der Waals surface area contributed by atoms with Gasteiger partial charge in [-0.2, -0.15) is 0 Å². The van der Waals surface area contributed by atoms with E-state index in [1.54, 1.807) is 0 Å². The second-order valence-electron chi connectivity index (χ2n) is 5.78. The van der Waals surface area contributed by atoms with E-state index in [4.69, 9.17) is 4.74 Å². The van der Waals surface area contributed by atoms with Gasteiger partial charge in [0.2, 0.25) is 0 Å². The molecule has 0 spiro atoms. The molecule has 0 saturated carbocycles. The first-order chi connectivity index (χ1) is 11.0. The molecule has 0 amide bonds. The molecule has 1 aromatic rings. The van der Waals surface area contributed by atoms with Crippen LogP contribution in [0.25, 0.3) is 0 Å². The number of aromatic carboxylic acids is 1. The molecule has 130 valence electrons. The number of rotatable bonds is 10. The van der Waals surface area contributed by atoms with Crippen molar-refractivity contribution in [3.05, 3.63) is 16.7 Å². The monoisotopic (exact) mass is 324 g/mol. The van der Waals surface area contributed by atoms with E-state index in [0.29, 0.717) is 24.0 Å². The van der Waals surface area contributed by atoms with E-state index < -0.39 is 11.7 Å². The molecular weight excluding hydrogens is 296 g/mol. The van der Waals surface area contributed by atoms with Gasteiger partial charge < -0.3 is 20.1 Å². The van der Waals surface area contributed by atoms with Crippen LogP contribution in [0.5, 0.6) is 17.2 Å². The van der Waals surface area contributed by atoms with Crippen molar-refractivity contribution in [1.29, 1.82) is 0 Å². The van der Waals surface area contributed by atoms with E-state index in [-0.39, 0.29) is 17.1 Å². The standard InChI is InChI=1S/C18H28O5/c1-4-6-8-10-12-13(11-9-7-5-2)17(23-3)14(18(21)22)16(20)15(12)19/h19-20H,4-11H2,1-3H3,(H,21,22). The van der Waals surface area contributed by atoms with Crippen molar-refractivity contribution in [1.82, 2.24) is 0 Å². The lowest BCUT2D eigenvalue weighted by Crippen LogP contribution is -2.08. The minimum atomic E-state index is -1.30. The number of unbranched alkanes of at least 4 members (excludes halogenated alkanes) is 4. The van der Waals surface area contributed by atoms with Gasteiger partial charge in [0.15, 0.2) is 11.5 Å². The number of phenolic OH excluding ortho intramolecular Hbond substituents is 1. The third-order valence-electron chi connectivity index (χ3n) is 4.09. The molecule has 0 aliphatic heterocycles. The highest BCUT2D eigenvalue weighted by Gasteiger charge is 2.27. The molecule has 5 nitrogen and oxygen atoms in total. The summed E-state index contributed by atoms with van der Waals surface area (Å²) in [5, 5.41) is 29.8. The van der Waals surface area contributed by atoms with E-state index in [2.05, 4.69) is 13.8 Å². The lowest BCUT2D eigenvalue weighted by Gasteiger charge is -2.19. The highest BCUT2D eigenvalue weighted by Crippen LogP contribution is 2.44. The van der Waals surface area contributed by atoms with Gasteiger partial charge in [-0.25, -0.2) is 4.79 Å². The van der Waals surface area contributed by atoms with Gasteiger partial charge in [0.25, 0.3) is 0 Å². The van der Waals surface area contributed by atoms with E-state index in [1.165, 1.54) is 7.11 Å². The number of aromatic hydroxyl groups is 2. The zero-order chi connectivity index (χ0) is 17.4. The molecule has 0 radical (unpaired) electrons. The number of carboxylic acid groups (broad SMARTS) is 1. The van der Waals surface area contributed by atoms with Crippen molar-refractivity contribution in [3.63, 3.8) is 0 Å². The van der Waals surface area contributed by atoms with Crippen LogP contribution in [0.15, 0.2) is 0 Å². The summed E-state index contributed by atoms with van der Waals surface area (Å²) in [5.41, 5.74) is 0.981. The van der Waals surface area contributed by atoms with E-state index in [0.717, 1.165) is 38.5 Å². The number of benzene rings is 1. The Morgan fingerprint density at radius 1 is 0.913 bits per heavy atom. The first-order valence-electron chi connectivity index (χ1n) is 8.36. The Balaban J connectivity index is 3.39. The molecule has 0 aromatic heterocycles. The summed E-state index contributed by atoms with van der Waals surface area (Å²) in [6, 6.07) is 0. The fourth-order valence-electron chi connectivity index (χ4n) is 2.86. The highest BCUT2D eigenvalue weighted by atomic mass is 16.5. The third kappa shape index (κ3) is 4.53. The molecular formula is C18H28O5. The number of hydrogen-bond acceptors (Lipinski definition) is 4. The Hall–Kier alpha value is -1.91. The van der Waals surface area contributed by atoms with Gasteiger partial charge in [-0.3, -0.25) is 0 Å². The molecule has 0 aliphatic rings. The zero-order valence-corrected chi connectivity index (χ0v) is 14.3. The van der Waals surface area contributed by atoms with Gasteiger partial charge >= 0.3 is 5.97 Å². The lowest BCUT2D eigenvalue weighted by molar-refractivity contribution is 0.0688. The third-order valence-corrected chi connectivity index (χ3v) is 4.09. The summed E-state index contributed by atoms with van der Waals surface area (Å²) < 4.78 is 5.30. The van der Waals surface area contributed by atoms with Crippen LogP contribution in [0, 0.1) is 0 Å². The van der Waals surface area contributed by atoms with Crippen molar-refractivity contribution in [2.75, 3.05) is 7.11 Å².